The molecule has 0 saturated heterocycles. The van der Waals surface area contributed by atoms with Crippen LogP contribution in [0.5, 0.6) is 0 Å². The van der Waals surface area contributed by atoms with Crippen molar-refractivity contribution in [1.29, 1.82) is 5.26 Å². The fourth-order valence-corrected chi connectivity index (χ4v) is 4.89. The summed E-state index contributed by atoms with van der Waals surface area (Å²) in [5.41, 5.74) is 0.574. The lowest BCUT2D eigenvalue weighted by atomic mass is 10.1. The number of pyridine rings is 1. The SMILES string of the molecule is N#Cc1c(C(F)(F)F)cc(-c2cccs2)nc1SCC(=O)NCCc1c[nH]c2ccccc12. The van der Waals surface area contributed by atoms with Crippen molar-refractivity contribution in [2.45, 2.75) is 17.6 Å². The minimum absolute atomic E-state index is 0.109. The zero-order chi connectivity index (χ0) is 23.4. The van der Waals surface area contributed by atoms with Crippen LogP contribution in [0.25, 0.3) is 21.5 Å². The molecule has 0 aliphatic heterocycles. The number of thioether (sulfide) groups is 1. The summed E-state index contributed by atoms with van der Waals surface area (Å²) in [5.74, 6) is -0.499. The van der Waals surface area contributed by atoms with Gasteiger partial charge in [0.15, 0.2) is 0 Å². The van der Waals surface area contributed by atoms with Crippen LogP contribution in [-0.4, -0.2) is 28.2 Å². The second-order valence-electron chi connectivity index (χ2n) is 7.07. The van der Waals surface area contributed by atoms with E-state index in [9.17, 15) is 23.2 Å². The fraction of sp³-hybridized carbons (Fsp3) is 0.174. The van der Waals surface area contributed by atoms with Crippen molar-refractivity contribution < 1.29 is 18.0 Å². The minimum Gasteiger partial charge on any atom is -0.361 e. The number of carbonyl (C=O) groups is 1. The van der Waals surface area contributed by atoms with Crippen molar-refractivity contribution in [2.24, 2.45) is 0 Å². The van der Waals surface area contributed by atoms with Crippen LogP contribution < -0.4 is 5.32 Å². The van der Waals surface area contributed by atoms with E-state index in [0.29, 0.717) is 17.8 Å². The highest BCUT2D eigenvalue weighted by molar-refractivity contribution is 8.00. The van der Waals surface area contributed by atoms with Crippen LogP contribution in [0, 0.1) is 11.3 Å². The number of halogens is 3. The van der Waals surface area contributed by atoms with E-state index in [1.54, 1.807) is 23.6 Å². The summed E-state index contributed by atoms with van der Waals surface area (Å²) in [6.07, 6.45) is -2.21. The quantitative estimate of drug-likeness (QED) is 0.332. The molecule has 3 heterocycles. The van der Waals surface area contributed by atoms with Gasteiger partial charge in [0, 0.05) is 23.6 Å². The van der Waals surface area contributed by atoms with Crippen LogP contribution in [-0.2, 0) is 17.4 Å². The van der Waals surface area contributed by atoms with Gasteiger partial charge >= 0.3 is 6.18 Å². The monoisotopic (exact) mass is 486 g/mol. The molecule has 0 aliphatic carbocycles. The highest BCUT2D eigenvalue weighted by atomic mass is 32.2. The first-order chi connectivity index (χ1) is 15.9. The van der Waals surface area contributed by atoms with E-state index in [4.69, 9.17) is 0 Å². The summed E-state index contributed by atoms with van der Waals surface area (Å²) in [5, 5.41) is 14.9. The van der Waals surface area contributed by atoms with E-state index in [0.717, 1.165) is 34.3 Å². The largest absolute Gasteiger partial charge is 0.417 e. The number of fused-ring (bicyclic) bond motifs is 1. The molecule has 0 radical (unpaired) electrons. The number of hydrogen-bond donors (Lipinski definition) is 2. The molecule has 0 unspecified atom stereocenters. The highest BCUT2D eigenvalue weighted by Gasteiger charge is 2.36. The van der Waals surface area contributed by atoms with Crippen molar-refractivity contribution in [3.05, 3.63) is 70.7 Å². The number of para-hydroxylation sites is 1. The van der Waals surface area contributed by atoms with E-state index >= 15 is 0 Å². The van der Waals surface area contributed by atoms with Gasteiger partial charge < -0.3 is 10.3 Å². The van der Waals surface area contributed by atoms with Crippen molar-refractivity contribution >= 4 is 39.9 Å². The van der Waals surface area contributed by atoms with Crippen LogP contribution in [0.15, 0.2) is 59.1 Å². The zero-order valence-electron chi connectivity index (χ0n) is 17.1. The van der Waals surface area contributed by atoms with Crippen molar-refractivity contribution in [1.82, 2.24) is 15.3 Å². The number of amides is 1. The predicted octanol–water partition coefficient (Wildman–Crippen LogP) is 5.63. The summed E-state index contributed by atoms with van der Waals surface area (Å²) in [6, 6.07) is 13.7. The Kier molecular flexibility index (Phi) is 6.72. The molecule has 4 aromatic rings. The Hall–Kier alpha value is -3.29. The van der Waals surface area contributed by atoms with Crippen LogP contribution in [0.1, 0.15) is 16.7 Å². The number of alkyl halides is 3. The lowest BCUT2D eigenvalue weighted by molar-refractivity contribution is -0.138. The molecule has 10 heteroatoms. The molecule has 1 aromatic carbocycles. The lowest BCUT2D eigenvalue weighted by Crippen LogP contribution is -2.27. The molecule has 0 fully saturated rings. The number of benzene rings is 1. The molecule has 0 atom stereocenters. The average Bonchev–Trinajstić information content (AvgIpc) is 3.47. The van der Waals surface area contributed by atoms with Gasteiger partial charge in [0.2, 0.25) is 5.91 Å². The van der Waals surface area contributed by atoms with Crippen molar-refractivity contribution in [2.75, 3.05) is 12.3 Å². The molecular formula is C23H17F3N4OS2. The third-order valence-corrected chi connectivity index (χ3v) is 6.78. The van der Waals surface area contributed by atoms with Crippen LogP contribution in [0.3, 0.4) is 0 Å². The van der Waals surface area contributed by atoms with Crippen LogP contribution in [0.4, 0.5) is 13.2 Å². The van der Waals surface area contributed by atoms with E-state index in [1.165, 1.54) is 11.3 Å². The van der Waals surface area contributed by atoms with E-state index in [1.807, 2.05) is 30.5 Å². The molecule has 3 aromatic heterocycles. The van der Waals surface area contributed by atoms with Crippen molar-refractivity contribution in [3.8, 4) is 16.6 Å². The molecule has 33 heavy (non-hydrogen) atoms. The van der Waals surface area contributed by atoms with E-state index in [-0.39, 0.29) is 22.4 Å². The molecule has 5 nitrogen and oxygen atoms in total. The number of aromatic nitrogens is 2. The number of rotatable bonds is 7. The minimum atomic E-state index is -4.71. The summed E-state index contributed by atoms with van der Waals surface area (Å²) in [7, 11) is 0. The first kappa shape index (κ1) is 22.9. The first-order valence-electron chi connectivity index (χ1n) is 9.87. The van der Waals surface area contributed by atoms with Gasteiger partial charge in [-0.1, -0.05) is 36.0 Å². The standard InChI is InChI=1S/C23H17F3N4OS2/c24-23(25,26)17-10-19(20-6-3-9-32-20)30-22(16(17)11-27)33-13-21(31)28-8-7-14-12-29-18-5-2-1-4-15(14)18/h1-6,9-10,12,29H,7-8,13H2,(H,28,31). The number of nitriles is 1. The average molecular weight is 487 g/mol. The molecule has 4 rings (SSSR count). The molecule has 2 N–H and O–H groups in total. The van der Waals surface area contributed by atoms with Gasteiger partial charge in [-0.25, -0.2) is 4.98 Å². The highest BCUT2D eigenvalue weighted by Crippen LogP contribution is 2.38. The summed E-state index contributed by atoms with van der Waals surface area (Å²) >= 11 is 2.07. The molecule has 0 spiro atoms. The Bertz CT molecular complexity index is 1320. The van der Waals surface area contributed by atoms with Crippen LogP contribution in [0.2, 0.25) is 0 Å². The maximum atomic E-state index is 13.6. The predicted molar refractivity (Wildman–Crippen MR) is 123 cm³/mol. The van der Waals surface area contributed by atoms with Crippen molar-refractivity contribution in [3.63, 3.8) is 0 Å². The second-order valence-corrected chi connectivity index (χ2v) is 8.98. The number of nitrogens with one attached hydrogen (secondary N) is 2. The van der Waals surface area contributed by atoms with E-state index in [2.05, 4.69) is 15.3 Å². The van der Waals surface area contributed by atoms with Gasteiger partial charge in [-0.2, -0.15) is 18.4 Å². The Balaban J connectivity index is 1.45. The number of nitrogens with zero attached hydrogens (tertiary/aromatic N) is 2. The Morgan fingerprint density at radius 1 is 1.24 bits per heavy atom. The van der Waals surface area contributed by atoms with E-state index < -0.39 is 17.3 Å². The normalized spacial score (nSPS) is 11.5. The lowest BCUT2D eigenvalue weighted by Gasteiger charge is -2.13. The maximum Gasteiger partial charge on any atom is 0.417 e. The zero-order valence-corrected chi connectivity index (χ0v) is 18.7. The summed E-state index contributed by atoms with van der Waals surface area (Å²) in [6.45, 7) is 0.378. The summed E-state index contributed by atoms with van der Waals surface area (Å²) < 4.78 is 40.7. The third kappa shape index (κ3) is 5.21. The molecule has 0 bridgehead atoms. The second kappa shape index (κ2) is 9.68. The van der Waals surface area contributed by atoms with Gasteiger partial charge in [0.1, 0.15) is 11.1 Å². The Labute approximate surface area is 195 Å². The molecule has 168 valence electrons. The first-order valence-corrected chi connectivity index (χ1v) is 11.7. The summed E-state index contributed by atoms with van der Waals surface area (Å²) in [4.78, 5) is 20.3. The molecule has 0 saturated carbocycles. The van der Waals surface area contributed by atoms with Gasteiger partial charge in [0.25, 0.3) is 0 Å². The maximum absolute atomic E-state index is 13.6. The Morgan fingerprint density at radius 3 is 2.79 bits per heavy atom. The molecule has 0 aliphatic rings. The number of hydrogen-bond acceptors (Lipinski definition) is 5. The smallest absolute Gasteiger partial charge is 0.361 e. The molecule has 1 amide bonds. The molecular weight excluding hydrogens is 469 g/mol. The van der Waals surface area contributed by atoms with Gasteiger partial charge in [0.05, 0.1) is 27.5 Å². The third-order valence-electron chi connectivity index (χ3n) is 4.91. The number of aromatic amines is 1. The number of thiophene rings is 1. The fourth-order valence-electron chi connectivity index (χ4n) is 3.37. The Morgan fingerprint density at radius 2 is 2.06 bits per heavy atom. The van der Waals surface area contributed by atoms with Gasteiger partial charge in [-0.3, -0.25) is 4.79 Å². The number of carbonyl (C=O) groups excluding carboxylic acids is 1. The van der Waals surface area contributed by atoms with Gasteiger partial charge in [-0.05, 0) is 35.6 Å². The number of H-pyrrole nitrogens is 1. The van der Waals surface area contributed by atoms with Crippen LogP contribution >= 0.6 is 23.1 Å². The topological polar surface area (TPSA) is 81.6 Å². The van der Waals surface area contributed by atoms with Gasteiger partial charge in [-0.15, -0.1) is 11.3 Å².